The molecule has 154 valence electrons. The van der Waals surface area contributed by atoms with E-state index in [1.54, 1.807) is 30.3 Å². The molecule has 1 heterocycles. The number of carbonyl (C=O) groups excluding carboxylic acids is 5. The Kier molecular flexibility index (Phi) is 6.21. The first-order chi connectivity index (χ1) is 14.3. The van der Waals surface area contributed by atoms with Gasteiger partial charge in [-0.15, -0.1) is 0 Å². The summed E-state index contributed by atoms with van der Waals surface area (Å²) in [4.78, 5) is 60.0. The minimum Gasteiger partial charge on any atom is -0.452 e. The topological polar surface area (TPSA) is 122 Å². The van der Waals surface area contributed by atoms with Crippen LogP contribution in [0.25, 0.3) is 0 Å². The summed E-state index contributed by atoms with van der Waals surface area (Å²) in [6, 6.07) is 12.4. The molecule has 0 saturated carbocycles. The van der Waals surface area contributed by atoms with Crippen LogP contribution in [0.2, 0.25) is 0 Å². The lowest BCUT2D eigenvalue weighted by Gasteiger charge is -2.14. The predicted molar refractivity (Wildman–Crippen MR) is 108 cm³/mol. The lowest BCUT2D eigenvalue weighted by atomic mass is 10.2. The molecule has 0 aromatic heterocycles. The zero-order valence-corrected chi connectivity index (χ0v) is 16.1. The molecule has 0 radical (unpaired) electrons. The molecule has 3 rings (SSSR count). The van der Waals surface area contributed by atoms with Crippen molar-refractivity contribution in [1.82, 2.24) is 0 Å². The van der Waals surface area contributed by atoms with Crippen LogP contribution >= 0.6 is 0 Å². The van der Waals surface area contributed by atoms with Gasteiger partial charge in [0.2, 0.25) is 17.7 Å². The van der Waals surface area contributed by atoms with Crippen LogP contribution in [-0.2, 0) is 23.9 Å². The highest BCUT2D eigenvalue weighted by Gasteiger charge is 2.30. The molecule has 30 heavy (non-hydrogen) atoms. The molecule has 0 aliphatic carbocycles. The summed E-state index contributed by atoms with van der Waals surface area (Å²) in [5, 5.41) is 5.18. The van der Waals surface area contributed by atoms with E-state index in [1.807, 2.05) is 0 Å². The van der Waals surface area contributed by atoms with Gasteiger partial charge in [-0.3, -0.25) is 24.1 Å². The maximum Gasteiger partial charge on any atom is 0.338 e. The van der Waals surface area contributed by atoms with Crippen LogP contribution in [0, 0.1) is 0 Å². The lowest BCUT2D eigenvalue weighted by Crippen LogP contribution is -2.28. The number of hydrogen-bond donors (Lipinski definition) is 2. The van der Waals surface area contributed by atoms with Gasteiger partial charge >= 0.3 is 5.97 Å². The van der Waals surface area contributed by atoms with E-state index >= 15 is 0 Å². The van der Waals surface area contributed by atoms with Crippen LogP contribution in [0.3, 0.4) is 0 Å². The van der Waals surface area contributed by atoms with Crippen molar-refractivity contribution in [3.8, 4) is 0 Å². The van der Waals surface area contributed by atoms with Gasteiger partial charge in [0.1, 0.15) is 0 Å². The van der Waals surface area contributed by atoms with Crippen molar-refractivity contribution in [3.63, 3.8) is 0 Å². The van der Waals surface area contributed by atoms with E-state index in [0.717, 1.165) is 4.90 Å². The fraction of sp³-hybridized carbons (Fsp3) is 0.190. The van der Waals surface area contributed by atoms with Gasteiger partial charge in [0.25, 0.3) is 5.91 Å². The molecule has 0 unspecified atom stereocenters. The molecule has 0 bridgehead atoms. The number of nitrogens with one attached hydrogen (secondary N) is 2. The summed E-state index contributed by atoms with van der Waals surface area (Å²) in [5.41, 5.74) is 1.47. The van der Waals surface area contributed by atoms with Crippen molar-refractivity contribution in [2.75, 3.05) is 22.1 Å². The zero-order valence-electron chi connectivity index (χ0n) is 16.1. The Labute approximate surface area is 172 Å². The van der Waals surface area contributed by atoms with E-state index in [2.05, 4.69) is 10.6 Å². The average molecular weight is 409 g/mol. The molecule has 1 aliphatic heterocycles. The highest BCUT2D eigenvalue weighted by Crippen LogP contribution is 2.23. The summed E-state index contributed by atoms with van der Waals surface area (Å²) in [7, 11) is 0. The molecule has 0 atom stereocenters. The normalized spacial score (nSPS) is 13.2. The van der Waals surface area contributed by atoms with E-state index in [-0.39, 0.29) is 36.1 Å². The SMILES string of the molecule is CC(=O)Nc1ccc(NC(=O)COC(=O)c2cccc(N3C(=O)CCC3=O)c2)cc1. The number of carbonyl (C=O) groups is 5. The number of rotatable bonds is 6. The molecule has 2 N–H and O–H groups in total. The highest BCUT2D eigenvalue weighted by atomic mass is 16.5. The second-order valence-electron chi connectivity index (χ2n) is 6.56. The average Bonchev–Trinajstić information content (AvgIpc) is 3.05. The van der Waals surface area contributed by atoms with Crippen LogP contribution in [0.1, 0.15) is 30.1 Å². The van der Waals surface area contributed by atoms with E-state index in [1.165, 1.54) is 25.1 Å². The Morgan fingerprint density at radius 1 is 0.933 bits per heavy atom. The smallest absolute Gasteiger partial charge is 0.338 e. The number of ether oxygens (including phenoxy) is 1. The van der Waals surface area contributed by atoms with Gasteiger partial charge in [0.05, 0.1) is 11.3 Å². The molecule has 1 saturated heterocycles. The maximum atomic E-state index is 12.2. The Balaban J connectivity index is 1.56. The summed E-state index contributed by atoms with van der Waals surface area (Å²) in [6.45, 7) is 0.874. The summed E-state index contributed by atoms with van der Waals surface area (Å²) >= 11 is 0. The van der Waals surface area contributed by atoms with Gasteiger partial charge in [0, 0.05) is 31.1 Å². The Morgan fingerprint density at radius 3 is 2.13 bits per heavy atom. The van der Waals surface area contributed by atoms with E-state index in [0.29, 0.717) is 17.1 Å². The van der Waals surface area contributed by atoms with Crippen molar-refractivity contribution in [1.29, 1.82) is 0 Å². The number of benzene rings is 2. The number of amides is 4. The van der Waals surface area contributed by atoms with Gasteiger partial charge < -0.3 is 15.4 Å². The summed E-state index contributed by atoms with van der Waals surface area (Å²) in [5.74, 6) is -2.16. The Hall–Kier alpha value is -4.01. The number of esters is 1. The first-order valence-corrected chi connectivity index (χ1v) is 9.14. The maximum absolute atomic E-state index is 12.2. The van der Waals surface area contributed by atoms with E-state index < -0.39 is 18.5 Å². The van der Waals surface area contributed by atoms with Gasteiger partial charge in [0.15, 0.2) is 6.61 Å². The Morgan fingerprint density at radius 2 is 1.53 bits per heavy atom. The molecule has 2 aromatic rings. The number of imide groups is 1. The molecule has 1 aliphatic rings. The largest absolute Gasteiger partial charge is 0.452 e. The van der Waals surface area contributed by atoms with Crippen LogP contribution in [0.4, 0.5) is 17.1 Å². The molecule has 2 aromatic carbocycles. The van der Waals surface area contributed by atoms with Crippen molar-refractivity contribution in [2.24, 2.45) is 0 Å². The van der Waals surface area contributed by atoms with Gasteiger partial charge in [-0.05, 0) is 42.5 Å². The molecular formula is C21H19N3O6. The van der Waals surface area contributed by atoms with Crippen molar-refractivity contribution in [3.05, 3.63) is 54.1 Å². The predicted octanol–water partition coefficient (Wildman–Crippen LogP) is 2.09. The van der Waals surface area contributed by atoms with Crippen molar-refractivity contribution in [2.45, 2.75) is 19.8 Å². The minimum absolute atomic E-state index is 0.118. The van der Waals surface area contributed by atoms with Crippen LogP contribution in [0.15, 0.2) is 48.5 Å². The first-order valence-electron chi connectivity index (χ1n) is 9.14. The minimum atomic E-state index is -0.757. The van der Waals surface area contributed by atoms with Crippen LogP contribution in [0.5, 0.6) is 0 Å². The third-order valence-corrected chi connectivity index (χ3v) is 4.21. The second kappa shape index (κ2) is 8.99. The summed E-state index contributed by atoms with van der Waals surface area (Å²) in [6.07, 6.45) is 0.277. The van der Waals surface area contributed by atoms with Gasteiger partial charge in [-0.25, -0.2) is 4.79 Å². The highest BCUT2D eigenvalue weighted by molar-refractivity contribution is 6.20. The number of nitrogens with zero attached hydrogens (tertiary/aromatic N) is 1. The van der Waals surface area contributed by atoms with Gasteiger partial charge in [-0.2, -0.15) is 0 Å². The molecule has 4 amide bonds. The lowest BCUT2D eigenvalue weighted by molar-refractivity contribution is -0.121. The number of anilines is 3. The van der Waals surface area contributed by atoms with Crippen molar-refractivity contribution >= 4 is 46.7 Å². The standard InChI is InChI=1S/C21H19N3O6/c1-13(25)22-15-5-7-16(8-6-15)23-18(26)12-30-21(29)14-3-2-4-17(11-14)24-19(27)9-10-20(24)28/h2-8,11H,9-10,12H2,1H3,(H,22,25)(H,23,26). The summed E-state index contributed by atoms with van der Waals surface area (Å²) < 4.78 is 5.01. The van der Waals surface area contributed by atoms with Gasteiger partial charge in [-0.1, -0.05) is 6.07 Å². The molecule has 0 spiro atoms. The van der Waals surface area contributed by atoms with Crippen LogP contribution in [-0.4, -0.2) is 36.2 Å². The van der Waals surface area contributed by atoms with Crippen LogP contribution < -0.4 is 15.5 Å². The third-order valence-electron chi connectivity index (χ3n) is 4.21. The quantitative estimate of drug-likeness (QED) is 0.557. The second-order valence-corrected chi connectivity index (χ2v) is 6.56. The molecule has 9 heteroatoms. The van der Waals surface area contributed by atoms with E-state index in [9.17, 15) is 24.0 Å². The molecule has 1 fully saturated rings. The first kappa shape index (κ1) is 20.7. The van der Waals surface area contributed by atoms with Crippen molar-refractivity contribution < 1.29 is 28.7 Å². The number of hydrogen-bond acceptors (Lipinski definition) is 6. The molecule has 9 nitrogen and oxygen atoms in total. The fourth-order valence-electron chi connectivity index (χ4n) is 2.89. The van der Waals surface area contributed by atoms with E-state index in [4.69, 9.17) is 4.74 Å². The molecular weight excluding hydrogens is 390 g/mol. The monoisotopic (exact) mass is 409 g/mol. The Bertz CT molecular complexity index is 1000. The zero-order chi connectivity index (χ0) is 21.7. The fourth-order valence-corrected chi connectivity index (χ4v) is 2.89. The third kappa shape index (κ3) is 5.07.